The summed E-state index contributed by atoms with van der Waals surface area (Å²) >= 11 is 0. The molecule has 1 amide bonds. The van der Waals surface area contributed by atoms with Crippen LogP contribution in [0.3, 0.4) is 0 Å². The third-order valence-electron chi connectivity index (χ3n) is 6.65. The molecule has 4 rings (SSSR count). The first-order chi connectivity index (χ1) is 14.7. The average Bonchev–Trinajstić information content (AvgIpc) is 3.59. The lowest BCUT2D eigenvalue weighted by Crippen LogP contribution is -2.38. The number of carbonyl (C=O) groups is 1. The molecule has 0 aromatic heterocycles. The normalized spacial score (nSPS) is 22.0. The van der Waals surface area contributed by atoms with E-state index in [2.05, 4.69) is 40.5 Å². The van der Waals surface area contributed by atoms with Crippen molar-refractivity contribution in [3.8, 4) is 0 Å². The zero-order chi connectivity index (χ0) is 20.8. The summed E-state index contributed by atoms with van der Waals surface area (Å²) < 4.78 is 0. The van der Waals surface area contributed by atoms with Crippen LogP contribution in [0.15, 0.2) is 54.6 Å². The molecule has 1 aliphatic heterocycles. The Morgan fingerprint density at radius 2 is 1.77 bits per heavy atom. The van der Waals surface area contributed by atoms with Crippen LogP contribution in [0.1, 0.15) is 53.1 Å². The van der Waals surface area contributed by atoms with E-state index in [1.165, 1.54) is 43.5 Å². The van der Waals surface area contributed by atoms with Gasteiger partial charge in [0, 0.05) is 17.5 Å². The molecule has 5 nitrogen and oxygen atoms in total. The van der Waals surface area contributed by atoms with E-state index in [0.29, 0.717) is 11.6 Å². The Kier molecular flexibility index (Phi) is 7.16. The standard InChI is InChI=1S/C25H33N3O2/c29-25(27-30)22-10-8-19(9-11-22)5-4-14-28-15-12-20(13-16-28)18-26-24-17-23(24)21-6-2-1-3-7-21/h1-3,6-11,20,23-24,26,30H,4-5,12-18H2,(H,27,29)/t23-,24+/m0/s1. The molecule has 160 valence electrons. The number of hydrogen-bond donors (Lipinski definition) is 3. The highest BCUT2D eigenvalue weighted by atomic mass is 16.5. The zero-order valence-electron chi connectivity index (χ0n) is 17.6. The van der Waals surface area contributed by atoms with Crippen LogP contribution in [-0.4, -0.2) is 48.2 Å². The van der Waals surface area contributed by atoms with E-state index in [0.717, 1.165) is 37.8 Å². The second-order valence-corrected chi connectivity index (χ2v) is 8.79. The van der Waals surface area contributed by atoms with Crippen LogP contribution in [-0.2, 0) is 6.42 Å². The van der Waals surface area contributed by atoms with Crippen molar-refractivity contribution in [3.05, 3.63) is 71.3 Å². The van der Waals surface area contributed by atoms with Crippen molar-refractivity contribution in [3.63, 3.8) is 0 Å². The van der Waals surface area contributed by atoms with Gasteiger partial charge in [0.2, 0.25) is 0 Å². The Hall–Kier alpha value is -2.21. The summed E-state index contributed by atoms with van der Waals surface area (Å²) in [5, 5.41) is 12.5. The summed E-state index contributed by atoms with van der Waals surface area (Å²) in [5.74, 6) is 1.07. The Balaban J connectivity index is 1.09. The zero-order valence-corrected chi connectivity index (χ0v) is 17.6. The maximum Gasteiger partial charge on any atom is 0.274 e. The van der Waals surface area contributed by atoms with Crippen LogP contribution in [0.5, 0.6) is 0 Å². The molecule has 1 heterocycles. The number of aryl methyl sites for hydroxylation is 1. The quantitative estimate of drug-likeness (QED) is 0.439. The molecule has 2 aromatic carbocycles. The highest BCUT2D eigenvalue weighted by molar-refractivity contribution is 5.93. The lowest BCUT2D eigenvalue weighted by Gasteiger charge is -2.32. The van der Waals surface area contributed by atoms with Crippen LogP contribution in [0.2, 0.25) is 0 Å². The van der Waals surface area contributed by atoms with Gasteiger partial charge in [0.1, 0.15) is 0 Å². The van der Waals surface area contributed by atoms with E-state index in [-0.39, 0.29) is 0 Å². The Bertz CT molecular complexity index is 801. The van der Waals surface area contributed by atoms with Crippen molar-refractivity contribution >= 4 is 5.91 Å². The summed E-state index contributed by atoms with van der Waals surface area (Å²) in [6, 6.07) is 19.1. The smallest absolute Gasteiger partial charge is 0.274 e. The van der Waals surface area contributed by atoms with Gasteiger partial charge in [-0.1, -0.05) is 42.5 Å². The van der Waals surface area contributed by atoms with Crippen LogP contribution in [0.25, 0.3) is 0 Å². The van der Waals surface area contributed by atoms with Gasteiger partial charge in [-0.25, -0.2) is 5.48 Å². The van der Waals surface area contributed by atoms with Crippen molar-refractivity contribution in [2.45, 2.75) is 44.1 Å². The summed E-state index contributed by atoms with van der Waals surface area (Å²) in [6.07, 6.45) is 6.02. The van der Waals surface area contributed by atoms with Crippen molar-refractivity contribution in [2.24, 2.45) is 5.92 Å². The highest BCUT2D eigenvalue weighted by Crippen LogP contribution is 2.40. The molecule has 2 aromatic rings. The number of carbonyl (C=O) groups excluding carboxylic acids is 1. The van der Waals surface area contributed by atoms with Gasteiger partial charge in [-0.2, -0.15) is 0 Å². The number of rotatable bonds is 9. The first-order valence-corrected chi connectivity index (χ1v) is 11.3. The monoisotopic (exact) mass is 407 g/mol. The molecule has 1 saturated heterocycles. The van der Waals surface area contributed by atoms with Gasteiger partial charge in [-0.3, -0.25) is 10.0 Å². The van der Waals surface area contributed by atoms with Gasteiger partial charge in [0.15, 0.2) is 0 Å². The molecule has 0 bridgehead atoms. The van der Waals surface area contributed by atoms with E-state index in [9.17, 15) is 4.79 Å². The molecule has 0 spiro atoms. The Morgan fingerprint density at radius 3 is 2.47 bits per heavy atom. The molecule has 2 aliphatic rings. The number of hydroxylamine groups is 1. The fourth-order valence-corrected chi connectivity index (χ4v) is 4.62. The van der Waals surface area contributed by atoms with Crippen molar-refractivity contribution in [1.29, 1.82) is 0 Å². The molecule has 1 aliphatic carbocycles. The molecule has 2 fully saturated rings. The third-order valence-corrected chi connectivity index (χ3v) is 6.65. The summed E-state index contributed by atoms with van der Waals surface area (Å²) in [5.41, 5.74) is 4.87. The van der Waals surface area contributed by atoms with E-state index >= 15 is 0 Å². The number of benzene rings is 2. The number of piperidine rings is 1. The summed E-state index contributed by atoms with van der Waals surface area (Å²) in [7, 11) is 0. The average molecular weight is 408 g/mol. The highest BCUT2D eigenvalue weighted by Gasteiger charge is 2.38. The van der Waals surface area contributed by atoms with E-state index in [1.54, 1.807) is 17.6 Å². The molecule has 0 unspecified atom stereocenters. The second-order valence-electron chi connectivity index (χ2n) is 8.79. The molecule has 5 heteroatoms. The molecule has 2 atom stereocenters. The minimum Gasteiger partial charge on any atom is -0.313 e. The minimum absolute atomic E-state index is 0.462. The molecule has 3 N–H and O–H groups in total. The fraction of sp³-hybridized carbons (Fsp3) is 0.480. The Morgan fingerprint density at radius 1 is 1.03 bits per heavy atom. The SMILES string of the molecule is O=C(NO)c1ccc(CCCN2CCC(CN[C@@H]3C[C@H]3c3ccccc3)CC2)cc1. The van der Waals surface area contributed by atoms with Gasteiger partial charge in [0.05, 0.1) is 0 Å². The van der Waals surface area contributed by atoms with Gasteiger partial charge in [0.25, 0.3) is 5.91 Å². The molecule has 1 saturated carbocycles. The molecule has 0 radical (unpaired) electrons. The number of likely N-dealkylation sites (tertiary alicyclic amines) is 1. The predicted molar refractivity (Wildman–Crippen MR) is 119 cm³/mol. The van der Waals surface area contributed by atoms with Crippen molar-refractivity contribution in [1.82, 2.24) is 15.7 Å². The predicted octanol–water partition coefficient (Wildman–Crippen LogP) is 3.60. The first kappa shape index (κ1) is 21.0. The largest absolute Gasteiger partial charge is 0.313 e. The maximum absolute atomic E-state index is 11.4. The van der Waals surface area contributed by atoms with Gasteiger partial charge in [-0.05, 0) is 87.5 Å². The van der Waals surface area contributed by atoms with E-state index in [4.69, 9.17) is 5.21 Å². The Labute approximate surface area is 179 Å². The fourth-order valence-electron chi connectivity index (χ4n) is 4.62. The van der Waals surface area contributed by atoms with Gasteiger partial charge in [-0.15, -0.1) is 0 Å². The van der Waals surface area contributed by atoms with Crippen molar-refractivity contribution < 1.29 is 10.0 Å². The number of amides is 1. The van der Waals surface area contributed by atoms with Crippen molar-refractivity contribution in [2.75, 3.05) is 26.2 Å². The lowest BCUT2D eigenvalue weighted by atomic mass is 9.96. The number of nitrogens with one attached hydrogen (secondary N) is 2. The molecular weight excluding hydrogens is 374 g/mol. The molecular formula is C25H33N3O2. The lowest BCUT2D eigenvalue weighted by molar-refractivity contribution is 0.0706. The molecule has 30 heavy (non-hydrogen) atoms. The van der Waals surface area contributed by atoms with Crippen LogP contribution in [0.4, 0.5) is 0 Å². The third kappa shape index (κ3) is 5.69. The first-order valence-electron chi connectivity index (χ1n) is 11.3. The maximum atomic E-state index is 11.4. The number of nitrogens with zero attached hydrogens (tertiary/aromatic N) is 1. The van der Waals surface area contributed by atoms with Crippen LogP contribution < -0.4 is 10.8 Å². The van der Waals surface area contributed by atoms with Gasteiger partial charge < -0.3 is 10.2 Å². The van der Waals surface area contributed by atoms with Crippen LogP contribution in [0, 0.1) is 5.92 Å². The van der Waals surface area contributed by atoms with Crippen LogP contribution >= 0.6 is 0 Å². The second kappa shape index (κ2) is 10.2. The van der Waals surface area contributed by atoms with E-state index < -0.39 is 5.91 Å². The number of hydrogen-bond acceptors (Lipinski definition) is 4. The minimum atomic E-state index is -0.462. The topological polar surface area (TPSA) is 64.6 Å². The van der Waals surface area contributed by atoms with Gasteiger partial charge >= 0.3 is 0 Å². The summed E-state index contributed by atoms with van der Waals surface area (Å²) in [4.78, 5) is 14.0. The van der Waals surface area contributed by atoms with E-state index in [1.807, 2.05) is 12.1 Å². The summed E-state index contributed by atoms with van der Waals surface area (Å²) in [6.45, 7) is 4.71.